The topological polar surface area (TPSA) is 47.0 Å². The van der Waals surface area contributed by atoms with Crippen LogP contribution in [0.15, 0.2) is 53.4 Å². The van der Waals surface area contributed by atoms with Gasteiger partial charge in [0.1, 0.15) is 10.8 Å². The van der Waals surface area contributed by atoms with Crippen molar-refractivity contribution >= 4 is 21.2 Å². The third-order valence-electron chi connectivity index (χ3n) is 4.71. The van der Waals surface area contributed by atoms with Crippen LogP contribution in [0.3, 0.4) is 0 Å². The predicted octanol–water partition coefficient (Wildman–Crippen LogP) is 6.38. The molecule has 1 aromatic heterocycles. The molecule has 0 fully saturated rings. The van der Waals surface area contributed by atoms with E-state index >= 15 is 0 Å². The molecular weight excluding hydrogens is 488 g/mol. The predicted molar refractivity (Wildman–Crippen MR) is 111 cm³/mol. The Morgan fingerprint density at radius 2 is 1.18 bits per heavy atom. The minimum atomic E-state index is -3.50. The first kappa shape index (κ1) is 23.0. The van der Waals surface area contributed by atoms with Crippen molar-refractivity contribution in [2.45, 2.75) is 4.90 Å². The second-order valence-corrected chi connectivity index (χ2v) is 9.96. The number of halogens is 6. The van der Waals surface area contributed by atoms with Crippen LogP contribution in [0.1, 0.15) is 0 Å². The lowest BCUT2D eigenvalue weighted by Gasteiger charge is -2.05. The quantitative estimate of drug-likeness (QED) is 0.186. The highest BCUT2D eigenvalue weighted by Crippen LogP contribution is 2.43. The minimum absolute atomic E-state index is 0.0130. The molecule has 0 aliphatic heterocycles. The maximum atomic E-state index is 14.4. The highest BCUT2D eigenvalue weighted by atomic mass is 32.2. The molecule has 0 radical (unpaired) electrons. The Morgan fingerprint density at radius 1 is 0.697 bits per heavy atom. The van der Waals surface area contributed by atoms with Gasteiger partial charge in [0, 0.05) is 11.8 Å². The maximum Gasteiger partial charge on any atom is 0.200 e. The van der Waals surface area contributed by atoms with Crippen molar-refractivity contribution in [2.24, 2.45) is 0 Å². The fourth-order valence-electron chi connectivity index (χ4n) is 3.07. The smallest absolute Gasteiger partial charge is 0.200 e. The molecule has 170 valence electrons. The standard InChI is InChI=1S/C22H11F6NO2S2/c1-33(30,31)13-8-4-11(5-9-13)21-20(10-2-6-12(23)7-3-10)29-22(32-21)14-15(24)17(26)19(28)18(27)16(14)25/h2-9H,1H3. The molecule has 11 heteroatoms. The molecule has 0 saturated carbocycles. The fourth-order valence-corrected chi connectivity index (χ4v) is 4.83. The van der Waals surface area contributed by atoms with Gasteiger partial charge in [-0.2, -0.15) is 0 Å². The molecule has 0 unspecified atom stereocenters. The van der Waals surface area contributed by atoms with Crippen molar-refractivity contribution < 1.29 is 34.8 Å². The van der Waals surface area contributed by atoms with Crippen LogP contribution in [-0.4, -0.2) is 19.7 Å². The van der Waals surface area contributed by atoms with E-state index in [1.807, 2.05) is 0 Å². The first-order chi connectivity index (χ1) is 15.5. The zero-order valence-corrected chi connectivity index (χ0v) is 18.1. The Balaban J connectivity index is 1.97. The molecule has 0 N–H and O–H groups in total. The van der Waals surface area contributed by atoms with Gasteiger partial charge < -0.3 is 0 Å². The summed E-state index contributed by atoms with van der Waals surface area (Å²) < 4.78 is 107. The van der Waals surface area contributed by atoms with Crippen molar-refractivity contribution in [3.8, 4) is 32.3 Å². The first-order valence-electron chi connectivity index (χ1n) is 9.08. The van der Waals surface area contributed by atoms with Gasteiger partial charge in [0.2, 0.25) is 5.82 Å². The number of rotatable bonds is 4. The molecule has 0 spiro atoms. The number of hydrogen-bond donors (Lipinski definition) is 0. The summed E-state index contributed by atoms with van der Waals surface area (Å²) in [5, 5.41) is -0.496. The Kier molecular flexibility index (Phi) is 5.79. The largest absolute Gasteiger partial charge is 0.235 e. The third-order valence-corrected chi connectivity index (χ3v) is 6.96. The van der Waals surface area contributed by atoms with E-state index < -0.39 is 55.3 Å². The van der Waals surface area contributed by atoms with Gasteiger partial charge in [0.05, 0.1) is 21.0 Å². The minimum Gasteiger partial charge on any atom is -0.235 e. The van der Waals surface area contributed by atoms with Gasteiger partial charge in [0.15, 0.2) is 33.1 Å². The summed E-state index contributed by atoms with van der Waals surface area (Å²) in [5.41, 5.74) is -0.427. The molecular formula is C22H11F6NO2S2. The monoisotopic (exact) mass is 499 g/mol. The van der Waals surface area contributed by atoms with Crippen LogP contribution < -0.4 is 0 Å². The van der Waals surface area contributed by atoms with Crippen LogP contribution in [0.25, 0.3) is 32.3 Å². The SMILES string of the molecule is CS(=O)(=O)c1ccc(-c2sc(-c3c(F)c(F)c(F)c(F)c3F)nc2-c2ccc(F)cc2)cc1. The molecule has 3 nitrogen and oxygen atoms in total. The number of hydrogen-bond acceptors (Lipinski definition) is 4. The van der Waals surface area contributed by atoms with Gasteiger partial charge in [-0.3, -0.25) is 0 Å². The lowest BCUT2D eigenvalue weighted by atomic mass is 10.1. The Labute approximate surface area is 187 Å². The summed E-state index contributed by atoms with van der Waals surface area (Å²) in [7, 11) is -3.50. The highest BCUT2D eigenvalue weighted by Gasteiger charge is 2.29. The van der Waals surface area contributed by atoms with Gasteiger partial charge in [0.25, 0.3) is 0 Å². The zero-order chi connectivity index (χ0) is 24.1. The first-order valence-corrected chi connectivity index (χ1v) is 11.8. The van der Waals surface area contributed by atoms with Crippen molar-refractivity contribution in [3.63, 3.8) is 0 Å². The van der Waals surface area contributed by atoms with Crippen LogP contribution in [-0.2, 0) is 9.84 Å². The average Bonchev–Trinajstić information content (AvgIpc) is 3.21. The van der Waals surface area contributed by atoms with Gasteiger partial charge in [-0.25, -0.2) is 39.7 Å². The molecule has 1 heterocycles. The second kappa shape index (κ2) is 8.31. The molecule has 0 atom stereocenters. The molecule has 0 aliphatic carbocycles. The van der Waals surface area contributed by atoms with Gasteiger partial charge in [-0.05, 0) is 42.0 Å². The number of benzene rings is 3. The van der Waals surface area contributed by atoms with E-state index in [-0.39, 0.29) is 15.5 Å². The van der Waals surface area contributed by atoms with Gasteiger partial charge in [-0.15, -0.1) is 11.3 Å². The molecule has 4 aromatic rings. The molecule has 4 rings (SSSR count). The van der Waals surface area contributed by atoms with Crippen LogP contribution in [0, 0.1) is 34.9 Å². The van der Waals surface area contributed by atoms with Crippen molar-refractivity contribution in [2.75, 3.05) is 6.26 Å². The summed E-state index contributed by atoms with van der Waals surface area (Å²) in [6.07, 6.45) is 1.01. The number of thiazole rings is 1. The van der Waals surface area contributed by atoms with E-state index in [1.165, 1.54) is 36.4 Å². The van der Waals surface area contributed by atoms with E-state index in [0.717, 1.165) is 18.4 Å². The number of aromatic nitrogens is 1. The van der Waals surface area contributed by atoms with Crippen molar-refractivity contribution in [1.29, 1.82) is 0 Å². The van der Waals surface area contributed by atoms with Gasteiger partial charge >= 0.3 is 0 Å². The average molecular weight is 499 g/mol. The Morgan fingerprint density at radius 3 is 1.70 bits per heavy atom. The summed E-state index contributed by atoms with van der Waals surface area (Å²) >= 11 is 0.640. The van der Waals surface area contributed by atoms with E-state index in [1.54, 1.807) is 0 Å². The van der Waals surface area contributed by atoms with Crippen LogP contribution in [0.2, 0.25) is 0 Å². The summed E-state index contributed by atoms with van der Waals surface area (Å²) in [6, 6.07) is 10.3. The lowest BCUT2D eigenvalue weighted by molar-refractivity contribution is 0.381. The number of sulfone groups is 1. The molecule has 33 heavy (non-hydrogen) atoms. The third kappa shape index (κ3) is 4.13. The van der Waals surface area contributed by atoms with E-state index in [2.05, 4.69) is 4.98 Å². The molecule has 0 bridgehead atoms. The van der Waals surface area contributed by atoms with E-state index in [4.69, 9.17) is 0 Å². The molecule has 0 aliphatic rings. The fraction of sp³-hybridized carbons (Fsp3) is 0.0455. The summed E-state index contributed by atoms with van der Waals surface area (Å²) in [5.74, 6) is -11.1. The molecule has 0 saturated heterocycles. The summed E-state index contributed by atoms with van der Waals surface area (Å²) in [6.45, 7) is 0. The normalized spacial score (nSPS) is 11.7. The molecule has 0 amide bonds. The zero-order valence-electron chi connectivity index (χ0n) is 16.5. The van der Waals surface area contributed by atoms with Crippen molar-refractivity contribution in [3.05, 3.63) is 83.4 Å². The Hall–Kier alpha value is -3.18. The maximum absolute atomic E-state index is 14.4. The van der Waals surface area contributed by atoms with E-state index in [0.29, 0.717) is 22.5 Å². The van der Waals surface area contributed by atoms with E-state index in [9.17, 15) is 34.8 Å². The second-order valence-electron chi connectivity index (χ2n) is 6.95. The van der Waals surface area contributed by atoms with Crippen LogP contribution in [0.4, 0.5) is 26.3 Å². The van der Waals surface area contributed by atoms with Crippen LogP contribution >= 0.6 is 11.3 Å². The van der Waals surface area contributed by atoms with Crippen LogP contribution in [0.5, 0.6) is 0 Å². The van der Waals surface area contributed by atoms with Gasteiger partial charge in [-0.1, -0.05) is 12.1 Å². The Bertz CT molecular complexity index is 1450. The summed E-state index contributed by atoms with van der Waals surface area (Å²) in [4.78, 5) is 4.37. The lowest BCUT2D eigenvalue weighted by Crippen LogP contribution is -2.03. The highest BCUT2D eigenvalue weighted by molar-refractivity contribution is 7.90. The van der Waals surface area contributed by atoms with Crippen molar-refractivity contribution in [1.82, 2.24) is 4.98 Å². The molecule has 3 aromatic carbocycles. The number of nitrogens with zero attached hydrogens (tertiary/aromatic N) is 1.